The molecule has 2 N–H and O–H groups in total. The number of hydrogen-bond donors (Lipinski definition) is 2. The zero-order chi connectivity index (χ0) is 17.6. The quantitative estimate of drug-likeness (QED) is 0.897. The highest BCUT2D eigenvalue weighted by atomic mass is 16.5. The number of rotatable bonds is 4. The average Bonchev–Trinajstić information content (AvgIpc) is 2.87. The number of hydrogen-bond acceptors (Lipinski definition) is 4. The molecule has 3 rings (SSSR count). The number of carbonyl (C=O) groups is 2. The molecule has 0 aliphatic carbocycles. The number of fused-ring (bicyclic) bond motifs is 1. The van der Waals surface area contributed by atoms with Gasteiger partial charge in [0.15, 0.2) is 11.5 Å². The zero-order valence-electron chi connectivity index (χ0n) is 14.0. The molecule has 0 spiro atoms. The molecule has 0 fully saturated rings. The van der Waals surface area contributed by atoms with Gasteiger partial charge in [0.2, 0.25) is 5.91 Å². The lowest BCUT2D eigenvalue weighted by molar-refractivity contribution is -0.117. The van der Waals surface area contributed by atoms with Crippen LogP contribution >= 0.6 is 0 Å². The second-order valence-corrected chi connectivity index (χ2v) is 5.76. The Kier molecular flexibility index (Phi) is 5.18. The second kappa shape index (κ2) is 7.70. The van der Waals surface area contributed by atoms with Crippen molar-refractivity contribution >= 4 is 17.5 Å². The highest BCUT2D eigenvalue weighted by molar-refractivity contribution is 6.01. The van der Waals surface area contributed by atoms with Crippen LogP contribution in [0.15, 0.2) is 48.5 Å². The third kappa shape index (κ3) is 4.29. The summed E-state index contributed by atoms with van der Waals surface area (Å²) >= 11 is 0. The minimum atomic E-state index is -0.677. The van der Waals surface area contributed by atoms with E-state index in [1.54, 1.807) is 49.4 Å². The number of ether oxygens (including phenoxy) is 2. The summed E-state index contributed by atoms with van der Waals surface area (Å²) in [6.07, 6.45) is 0.818. The third-order valence-electron chi connectivity index (χ3n) is 3.79. The van der Waals surface area contributed by atoms with Crippen LogP contribution in [0.5, 0.6) is 11.5 Å². The van der Waals surface area contributed by atoms with E-state index >= 15 is 0 Å². The van der Waals surface area contributed by atoms with Crippen LogP contribution < -0.4 is 20.1 Å². The first-order valence-corrected chi connectivity index (χ1v) is 8.20. The number of benzene rings is 2. The van der Waals surface area contributed by atoms with Crippen LogP contribution in [-0.4, -0.2) is 31.1 Å². The largest absolute Gasteiger partial charge is 0.490 e. The molecule has 130 valence electrons. The normalized spacial score (nSPS) is 14.1. The first-order chi connectivity index (χ1) is 12.1. The van der Waals surface area contributed by atoms with Crippen molar-refractivity contribution < 1.29 is 19.1 Å². The molecule has 0 saturated carbocycles. The van der Waals surface area contributed by atoms with E-state index in [-0.39, 0.29) is 11.8 Å². The van der Waals surface area contributed by atoms with Crippen LogP contribution in [0.2, 0.25) is 0 Å². The topological polar surface area (TPSA) is 76.7 Å². The van der Waals surface area contributed by atoms with Gasteiger partial charge in [0, 0.05) is 23.7 Å². The van der Waals surface area contributed by atoms with Gasteiger partial charge in [-0.3, -0.25) is 9.59 Å². The van der Waals surface area contributed by atoms with Crippen molar-refractivity contribution in [3.63, 3.8) is 0 Å². The van der Waals surface area contributed by atoms with Gasteiger partial charge in [-0.25, -0.2) is 0 Å². The molecule has 2 aromatic carbocycles. The van der Waals surface area contributed by atoms with Gasteiger partial charge in [-0.15, -0.1) is 0 Å². The molecule has 1 unspecified atom stereocenters. The molecular weight excluding hydrogens is 320 g/mol. The lowest BCUT2D eigenvalue weighted by Gasteiger charge is -2.15. The van der Waals surface area contributed by atoms with E-state index in [2.05, 4.69) is 10.6 Å². The molecule has 6 heteroatoms. The van der Waals surface area contributed by atoms with Gasteiger partial charge >= 0.3 is 0 Å². The van der Waals surface area contributed by atoms with Crippen molar-refractivity contribution in [3.8, 4) is 11.5 Å². The van der Waals surface area contributed by atoms with Gasteiger partial charge in [0.25, 0.3) is 5.91 Å². The maximum atomic E-state index is 12.3. The molecule has 0 radical (unpaired) electrons. The molecule has 1 atom stereocenters. The van der Waals surface area contributed by atoms with Crippen molar-refractivity contribution in [1.82, 2.24) is 5.32 Å². The summed E-state index contributed by atoms with van der Waals surface area (Å²) in [6, 6.07) is 13.3. The monoisotopic (exact) mass is 340 g/mol. The summed E-state index contributed by atoms with van der Waals surface area (Å²) < 4.78 is 11.2. The van der Waals surface area contributed by atoms with E-state index in [1.165, 1.54) is 0 Å². The smallest absolute Gasteiger partial charge is 0.251 e. The van der Waals surface area contributed by atoms with Crippen molar-refractivity contribution in [2.24, 2.45) is 0 Å². The maximum Gasteiger partial charge on any atom is 0.251 e. The Labute approximate surface area is 146 Å². The van der Waals surface area contributed by atoms with Crippen molar-refractivity contribution in [2.45, 2.75) is 19.4 Å². The fraction of sp³-hybridized carbons (Fsp3) is 0.263. The fourth-order valence-electron chi connectivity index (χ4n) is 2.43. The predicted molar refractivity (Wildman–Crippen MR) is 94.0 cm³/mol. The molecule has 2 amide bonds. The molecule has 6 nitrogen and oxygen atoms in total. The number of carbonyl (C=O) groups excluding carboxylic acids is 2. The Balaban J connectivity index is 1.61. The Morgan fingerprint density at radius 2 is 1.72 bits per heavy atom. The summed E-state index contributed by atoms with van der Waals surface area (Å²) in [4.78, 5) is 24.4. The Bertz CT molecular complexity index is 761. The minimum absolute atomic E-state index is 0.290. The SMILES string of the molecule is CC(NC(=O)c1ccccc1)C(=O)Nc1ccc2c(c1)OCCCO2. The Morgan fingerprint density at radius 1 is 1.00 bits per heavy atom. The van der Waals surface area contributed by atoms with Crippen molar-refractivity contribution in [2.75, 3.05) is 18.5 Å². The van der Waals surface area contributed by atoms with Crippen LogP contribution in [0.4, 0.5) is 5.69 Å². The van der Waals surface area contributed by atoms with E-state index in [4.69, 9.17) is 9.47 Å². The van der Waals surface area contributed by atoms with Crippen LogP contribution in [0.1, 0.15) is 23.7 Å². The molecule has 1 aliphatic rings. The van der Waals surface area contributed by atoms with E-state index in [0.717, 1.165) is 6.42 Å². The highest BCUT2D eigenvalue weighted by Gasteiger charge is 2.18. The lowest BCUT2D eigenvalue weighted by atomic mass is 10.2. The van der Waals surface area contributed by atoms with Gasteiger partial charge in [-0.1, -0.05) is 18.2 Å². The van der Waals surface area contributed by atoms with E-state index in [9.17, 15) is 9.59 Å². The first-order valence-electron chi connectivity index (χ1n) is 8.20. The number of amides is 2. The van der Waals surface area contributed by atoms with Crippen molar-refractivity contribution in [3.05, 3.63) is 54.1 Å². The highest BCUT2D eigenvalue weighted by Crippen LogP contribution is 2.32. The fourth-order valence-corrected chi connectivity index (χ4v) is 2.43. The van der Waals surface area contributed by atoms with Crippen LogP contribution in [0, 0.1) is 0 Å². The molecule has 2 aromatic rings. The Morgan fingerprint density at radius 3 is 2.48 bits per heavy atom. The zero-order valence-corrected chi connectivity index (χ0v) is 14.0. The third-order valence-corrected chi connectivity index (χ3v) is 3.79. The van der Waals surface area contributed by atoms with Crippen LogP contribution in [0.25, 0.3) is 0 Å². The van der Waals surface area contributed by atoms with Gasteiger partial charge < -0.3 is 20.1 Å². The number of nitrogens with one attached hydrogen (secondary N) is 2. The molecule has 25 heavy (non-hydrogen) atoms. The summed E-state index contributed by atoms with van der Waals surface area (Å²) in [7, 11) is 0. The van der Waals surface area contributed by atoms with E-state index in [0.29, 0.717) is 36.0 Å². The van der Waals surface area contributed by atoms with Gasteiger partial charge in [0.05, 0.1) is 13.2 Å². The molecule has 1 heterocycles. The Hall–Kier alpha value is -3.02. The molecule has 0 saturated heterocycles. The average molecular weight is 340 g/mol. The van der Waals surface area contributed by atoms with Gasteiger partial charge in [0.1, 0.15) is 6.04 Å². The van der Waals surface area contributed by atoms with Crippen LogP contribution in [-0.2, 0) is 4.79 Å². The summed E-state index contributed by atoms with van der Waals surface area (Å²) in [5.41, 5.74) is 1.10. The van der Waals surface area contributed by atoms with Crippen molar-refractivity contribution in [1.29, 1.82) is 0 Å². The molecular formula is C19H20N2O4. The summed E-state index contributed by atoms with van der Waals surface area (Å²) in [6.45, 7) is 2.83. The second-order valence-electron chi connectivity index (χ2n) is 5.76. The standard InChI is InChI=1S/C19H20N2O4/c1-13(20-19(23)14-6-3-2-4-7-14)18(22)21-15-8-9-16-17(12-15)25-11-5-10-24-16/h2-4,6-9,12-13H,5,10-11H2,1H3,(H,20,23)(H,21,22). The molecule has 1 aliphatic heterocycles. The van der Waals surface area contributed by atoms with Gasteiger partial charge in [-0.2, -0.15) is 0 Å². The van der Waals surface area contributed by atoms with E-state index < -0.39 is 6.04 Å². The predicted octanol–water partition coefficient (Wildman–Crippen LogP) is 2.60. The first kappa shape index (κ1) is 16.8. The van der Waals surface area contributed by atoms with E-state index in [1.807, 2.05) is 6.07 Å². The molecule has 0 bridgehead atoms. The number of anilines is 1. The summed E-state index contributed by atoms with van der Waals surface area (Å²) in [5.74, 6) is 0.679. The van der Waals surface area contributed by atoms with Crippen LogP contribution in [0.3, 0.4) is 0 Å². The maximum absolute atomic E-state index is 12.3. The molecule has 0 aromatic heterocycles. The lowest BCUT2D eigenvalue weighted by Crippen LogP contribution is -2.41. The minimum Gasteiger partial charge on any atom is -0.490 e. The summed E-state index contributed by atoms with van der Waals surface area (Å²) in [5, 5.41) is 5.46. The van der Waals surface area contributed by atoms with Gasteiger partial charge in [-0.05, 0) is 31.2 Å².